The number of hydrogen-bond donors (Lipinski definition) is 3. The molecule has 4 rings (SSSR count). The van der Waals surface area contributed by atoms with Gasteiger partial charge in [-0.25, -0.2) is 0 Å². The minimum atomic E-state index is -1.09. The molecule has 0 radical (unpaired) electrons. The summed E-state index contributed by atoms with van der Waals surface area (Å²) in [4.78, 5) is 12.8. The smallest absolute Gasteiger partial charge is 0.256 e. The molecular formula is C25H29NO5. The zero-order valence-corrected chi connectivity index (χ0v) is 18.6. The largest absolute Gasteiger partial charge is 0.507 e. The van der Waals surface area contributed by atoms with Gasteiger partial charge in [0.1, 0.15) is 12.4 Å². The number of phenolic OH excluding ortho intramolecular Hbond substituents is 1. The Morgan fingerprint density at radius 1 is 1.29 bits per heavy atom. The van der Waals surface area contributed by atoms with Gasteiger partial charge in [-0.15, -0.1) is 0 Å². The van der Waals surface area contributed by atoms with Crippen molar-refractivity contribution in [2.45, 2.75) is 58.8 Å². The van der Waals surface area contributed by atoms with Crippen molar-refractivity contribution in [1.82, 2.24) is 5.32 Å². The van der Waals surface area contributed by atoms with Crippen molar-refractivity contribution in [2.75, 3.05) is 6.61 Å². The second-order valence-corrected chi connectivity index (χ2v) is 9.18. The average molecular weight is 424 g/mol. The molecule has 0 unspecified atom stereocenters. The van der Waals surface area contributed by atoms with Crippen LogP contribution in [0.4, 0.5) is 0 Å². The van der Waals surface area contributed by atoms with E-state index in [9.17, 15) is 15.0 Å². The van der Waals surface area contributed by atoms with Crippen molar-refractivity contribution in [1.29, 1.82) is 0 Å². The highest BCUT2D eigenvalue weighted by Crippen LogP contribution is 2.46. The normalized spacial score (nSPS) is 19.6. The summed E-state index contributed by atoms with van der Waals surface area (Å²) >= 11 is 0. The Balaban J connectivity index is 1.87. The number of aliphatic hydroxyl groups is 1. The molecule has 6 nitrogen and oxygen atoms in total. The summed E-state index contributed by atoms with van der Waals surface area (Å²) in [5.74, 6) is 0.745. The van der Waals surface area contributed by atoms with E-state index in [0.717, 1.165) is 22.3 Å². The highest BCUT2D eigenvalue weighted by molar-refractivity contribution is 6.02. The molecule has 2 aromatic carbocycles. The van der Waals surface area contributed by atoms with E-state index >= 15 is 0 Å². The van der Waals surface area contributed by atoms with Crippen molar-refractivity contribution in [3.8, 4) is 17.2 Å². The second-order valence-electron chi connectivity index (χ2n) is 9.18. The first-order chi connectivity index (χ1) is 14.6. The van der Waals surface area contributed by atoms with Gasteiger partial charge in [-0.2, -0.15) is 0 Å². The SMILES string of the molecule is CC(C)=CCc1ccc(O)c2c1[C@H](c1cc(C)cc3c1O[C@H](C(C)(C)O)CO3)NC2=O. The molecule has 0 spiro atoms. The first kappa shape index (κ1) is 21.2. The van der Waals surface area contributed by atoms with Crippen molar-refractivity contribution < 1.29 is 24.5 Å². The fraction of sp³-hybridized carbons (Fsp3) is 0.400. The number of fused-ring (bicyclic) bond motifs is 2. The maximum atomic E-state index is 12.8. The van der Waals surface area contributed by atoms with E-state index < -0.39 is 17.7 Å². The topological polar surface area (TPSA) is 88.0 Å². The first-order valence-corrected chi connectivity index (χ1v) is 10.5. The van der Waals surface area contributed by atoms with Crippen molar-refractivity contribution >= 4 is 5.91 Å². The van der Waals surface area contributed by atoms with E-state index in [0.29, 0.717) is 23.5 Å². The fourth-order valence-electron chi connectivity index (χ4n) is 4.13. The summed E-state index contributed by atoms with van der Waals surface area (Å²) in [6, 6.07) is 6.80. The number of aryl methyl sites for hydroxylation is 1. The first-order valence-electron chi connectivity index (χ1n) is 10.5. The molecule has 1 amide bonds. The van der Waals surface area contributed by atoms with Gasteiger partial charge >= 0.3 is 0 Å². The van der Waals surface area contributed by atoms with Crippen molar-refractivity contribution in [2.24, 2.45) is 0 Å². The Kier molecular flexibility index (Phi) is 5.21. The summed E-state index contributed by atoms with van der Waals surface area (Å²) in [6.45, 7) is 9.62. The summed E-state index contributed by atoms with van der Waals surface area (Å²) in [5.41, 5.74) is 3.81. The van der Waals surface area contributed by atoms with Gasteiger partial charge in [-0.3, -0.25) is 4.79 Å². The molecule has 2 aliphatic rings. The van der Waals surface area contributed by atoms with Crippen LogP contribution in [0.1, 0.15) is 66.3 Å². The molecule has 6 heteroatoms. The molecule has 0 aliphatic carbocycles. The van der Waals surface area contributed by atoms with E-state index in [2.05, 4.69) is 11.4 Å². The number of allylic oxidation sites excluding steroid dienone is 2. The van der Waals surface area contributed by atoms with Gasteiger partial charge in [-0.05, 0) is 75.9 Å². The third-order valence-corrected chi connectivity index (χ3v) is 5.81. The quantitative estimate of drug-likeness (QED) is 0.648. The van der Waals surface area contributed by atoms with Crippen molar-refractivity contribution in [3.05, 3.63) is 63.7 Å². The lowest BCUT2D eigenvalue weighted by Crippen LogP contribution is -2.46. The lowest BCUT2D eigenvalue weighted by Gasteiger charge is -2.35. The maximum Gasteiger partial charge on any atom is 0.256 e. The van der Waals surface area contributed by atoms with E-state index in [-0.39, 0.29) is 18.3 Å². The monoisotopic (exact) mass is 423 g/mol. The van der Waals surface area contributed by atoms with Crippen LogP contribution in [0.2, 0.25) is 0 Å². The Morgan fingerprint density at radius 2 is 2.03 bits per heavy atom. The molecule has 0 bridgehead atoms. The van der Waals surface area contributed by atoms with Gasteiger partial charge in [0.15, 0.2) is 17.6 Å². The maximum absolute atomic E-state index is 12.8. The van der Waals surface area contributed by atoms with Gasteiger partial charge in [0, 0.05) is 5.56 Å². The van der Waals surface area contributed by atoms with Gasteiger partial charge in [0.05, 0.1) is 17.2 Å². The molecule has 0 saturated carbocycles. The summed E-state index contributed by atoms with van der Waals surface area (Å²) in [7, 11) is 0. The zero-order chi connectivity index (χ0) is 22.5. The fourth-order valence-corrected chi connectivity index (χ4v) is 4.13. The Labute approximate surface area is 182 Å². The Hall–Kier alpha value is -2.99. The van der Waals surface area contributed by atoms with Crippen LogP contribution in [0.5, 0.6) is 17.2 Å². The number of carbonyl (C=O) groups excluding carboxylic acids is 1. The molecule has 0 aromatic heterocycles. The number of ether oxygens (including phenoxy) is 2. The highest BCUT2D eigenvalue weighted by atomic mass is 16.6. The number of aromatic hydroxyl groups is 1. The van der Waals surface area contributed by atoms with Gasteiger partial charge < -0.3 is 25.0 Å². The predicted octanol–water partition coefficient (Wildman–Crippen LogP) is 3.95. The molecule has 2 heterocycles. The summed E-state index contributed by atoms with van der Waals surface area (Å²) in [5, 5.41) is 23.9. The number of carbonyl (C=O) groups is 1. The minimum absolute atomic E-state index is 0.0380. The number of benzene rings is 2. The summed E-state index contributed by atoms with van der Waals surface area (Å²) in [6.07, 6.45) is 2.20. The third-order valence-electron chi connectivity index (χ3n) is 5.81. The van der Waals surface area contributed by atoms with Crippen LogP contribution >= 0.6 is 0 Å². The number of hydrogen-bond acceptors (Lipinski definition) is 5. The van der Waals surface area contributed by atoms with Crippen LogP contribution < -0.4 is 14.8 Å². The Morgan fingerprint density at radius 3 is 2.71 bits per heavy atom. The molecule has 2 aliphatic heterocycles. The standard InChI is InChI=1S/C25H29NO5/c1-13(2)6-7-15-8-9-17(27)21-20(15)22(26-24(21)28)16-10-14(3)11-18-23(16)31-19(12-30-18)25(4,5)29/h6,8-11,19,22,27,29H,7,12H2,1-5H3,(H,26,28)/t19-,22-/m0/s1. The molecule has 0 fully saturated rings. The molecule has 31 heavy (non-hydrogen) atoms. The lowest BCUT2D eigenvalue weighted by atomic mass is 9.89. The molecule has 164 valence electrons. The molecule has 3 N–H and O–H groups in total. The van der Waals surface area contributed by atoms with E-state index in [1.807, 2.05) is 39.0 Å². The number of amides is 1. The van der Waals surface area contributed by atoms with Crippen LogP contribution in [0.15, 0.2) is 35.9 Å². The third kappa shape index (κ3) is 3.88. The Bertz CT molecular complexity index is 1080. The minimum Gasteiger partial charge on any atom is -0.507 e. The lowest BCUT2D eigenvalue weighted by molar-refractivity contribution is -0.0658. The van der Waals surface area contributed by atoms with Crippen molar-refractivity contribution in [3.63, 3.8) is 0 Å². The number of nitrogens with one attached hydrogen (secondary N) is 1. The highest BCUT2D eigenvalue weighted by Gasteiger charge is 2.40. The van der Waals surface area contributed by atoms with Gasteiger partial charge in [-0.1, -0.05) is 17.7 Å². The summed E-state index contributed by atoms with van der Waals surface area (Å²) < 4.78 is 12.1. The van der Waals surface area contributed by atoms with Gasteiger partial charge in [0.25, 0.3) is 5.91 Å². The molecular weight excluding hydrogens is 394 g/mol. The molecule has 2 aromatic rings. The molecule has 2 atom stereocenters. The van der Waals surface area contributed by atoms with Crippen LogP contribution in [-0.4, -0.2) is 34.4 Å². The number of rotatable bonds is 4. The predicted molar refractivity (Wildman–Crippen MR) is 118 cm³/mol. The van der Waals surface area contributed by atoms with E-state index in [1.54, 1.807) is 19.9 Å². The second kappa shape index (κ2) is 7.61. The van der Waals surface area contributed by atoms with Crippen LogP contribution in [0, 0.1) is 6.92 Å². The average Bonchev–Trinajstić information content (AvgIpc) is 3.04. The van der Waals surface area contributed by atoms with Crippen LogP contribution in [0.25, 0.3) is 0 Å². The molecule has 0 saturated heterocycles. The van der Waals surface area contributed by atoms with Crippen LogP contribution in [-0.2, 0) is 6.42 Å². The number of phenols is 1. The van der Waals surface area contributed by atoms with Gasteiger partial charge in [0.2, 0.25) is 0 Å². The van der Waals surface area contributed by atoms with E-state index in [1.165, 1.54) is 5.57 Å². The van der Waals surface area contributed by atoms with Crippen LogP contribution in [0.3, 0.4) is 0 Å². The van der Waals surface area contributed by atoms with E-state index in [4.69, 9.17) is 9.47 Å². The zero-order valence-electron chi connectivity index (χ0n) is 18.6.